The molecule has 4 atom stereocenters. The van der Waals surface area contributed by atoms with Crippen LogP contribution < -0.4 is 5.32 Å². The number of benzene rings is 2. The monoisotopic (exact) mass is 467 g/mol. The van der Waals surface area contributed by atoms with Crippen molar-refractivity contribution in [3.05, 3.63) is 47.7 Å². The number of hydrogen-bond acceptors (Lipinski definition) is 5. The molecule has 1 amide bonds. The van der Waals surface area contributed by atoms with E-state index in [-0.39, 0.29) is 53.6 Å². The van der Waals surface area contributed by atoms with Crippen molar-refractivity contribution in [3.63, 3.8) is 0 Å². The molecule has 0 bridgehead atoms. The molecular weight excluding hydrogens is 444 g/mol. The molecule has 9 heteroatoms. The van der Waals surface area contributed by atoms with E-state index in [1.165, 1.54) is 17.6 Å². The fourth-order valence-electron chi connectivity index (χ4n) is 4.18. The number of phenolic OH excluding ortho intramolecular Hbond substituents is 1. The third-order valence-corrected chi connectivity index (χ3v) is 6.93. The van der Waals surface area contributed by atoms with Crippen molar-refractivity contribution in [2.24, 2.45) is 0 Å². The molecule has 3 aromatic rings. The van der Waals surface area contributed by atoms with Crippen LogP contribution in [0.15, 0.2) is 30.5 Å². The second-order valence-electron chi connectivity index (χ2n) is 7.99. The van der Waals surface area contributed by atoms with Gasteiger partial charge in [0.05, 0.1) is 15.8 Å². The van der Waals surface area contributed by atoms with Gasteiger partial charge in [-0.2, -0.15) is 4.37 Å². The first-order chi connectivity index (χ1) is 14.2. The maximum Gasteiger partial charge on any atom is 0.255 e. The standard InChI is InChI=1S/C22H23F2N3O2S.ClH/c1-10-12(3)27(13(4)11(2)26-10)22(29)17-6-14(5-15-9-25-30-21(15)17)20-18(23)7-16(28)8-19(20)24;/h5-13,26,28H,1-4H3;1H. The molecule has 4 unspecified atom stereocenters. The summed E-state index contributed by atoms with van der Waals surface area (Å²) in [6.45, 7) is 8.05. The van der Waals surface area contributed by atoms with Gasteiger partial charge in [-0.15, -0.1) is 12.4 Å². The van der Waals surface area contributed by atoms with Crippen LogP contribution in [0.5, 0.6) is 5.75 Å². The number of aromatic nitrogens is 1. The summed E-state index contributed by atoms with van der Waals surface area (Å²) >= 11 is 1.18. The number of nitrogens with one attached hydrogen (secondary N) is 1. The highest BCUT2D eigenvalue weighted by atomic mass is 35.5. The minimum Gasteiger partial charge on any atom is -0.508 e. The molecule has 4 rings (SSSR count). The molecule has 0 saturated carbocycles. The first kappa shape index (κ1) is 23.4. The van der Waals surface area contributed by atoms with E-state index < -0.39 is 17.4 Å². The van der Waals surface area contributed by atoms with Crippen molar-refractivity contribution < 1.29 is 18.7 Å². The lowest BCUT2D eigenvalue weighted by Crippen LogP contribution is -2.65. The summed E-state index contributed by atoms with van der Waals surface area (Å²) in [7, 11) is 0. The Morgan fingerprint density at radius 1 is 1.06 bits per heavy atom. The van der Waals surface area contributed by atoms with Gasteiger partial charge in [-0.25, -0.2) is 8.78 Å². The Morgan fingerprint density at radius 3 is 2.23 bits per heavy atom. The van der Waals surface area contributed by atoms with Gasteiger partial charge >= 0.3 is 0 Å². The normalized spacial score (nSPS) is 23.6. The highest BCUT2D eigenvalue weighted by molar-refractivity contribution is 7.13. The Kier molecular flexibility index (Phi) is 6.55. The van der Waals surface area contributed by atoms with Gasteiger partial charge in [0.25, 0.3) is 5.91 Å². The zero-order valence-electron chi connectivity index (χ0n) is 17.5. The summed E-state index contributed by atoms with van der Waals surface area (Å²) in [6.07, 6.45) is 1.59. The minimum atomic E-state index is -0.889. The number of aromatic hydroxyl groups is 1. The van der Waals surface area contributed by atoms with Crippen LogP contribution in [-0.2, 0) is 0 Å². The van der Waals surface area contributed by atoms with Crippen molar-refractivity contribution in [3.8, 4) is 16.9 Å². The van der Waals surface area contributed by atoms with E-state index in [1.807, 2.05) is 32.6 Å². The van der Waals surface area contributed by atoms with Crippen LogP contribution in [0, 0.1) is 11.6 Å². The van der Waals surface area contributed by atoms with Crippen molar-refractivity contribution in [2.75, 3.05) is 0 Å². The molecule has 0 aliphatic carbocycles. The summed E-state index contributed by atoms with van der Waals surface area (Å²) in [5.74, 6) is -2.46. The Labute approximate surface area is 189 Å². The Hall–Kier alpha value is -2.29. The molecule has 1 aliphatic heterocycles. The third-order valence-electron chi connectivity index (χ3n) is 6.08. The van der Waals surface area contributed by atoms with Crippen LogP contribution in [0.1, 0.15) is 38.1 Å². The quantitative estimate of drug-likeness (QED) is 0.558. The van der Waals surface area contributed by atoms with Gasteiger partial charge < -0.3 is 15.3 Å². The first-order valence-electron chi connectivity index (χ1n) is 9.84. The molecular formula is C22H24ClF2N3O2S. The number of carbonyl (C=O) groups is 1. The van der Waals surface area contributed by atoms with Gasteiger partial charge in [-0.3, -0.25) is 4.79 Å². The summed E-state index contributed by atoms with van der Waals surface area (Å²) in [4.78, 5) is 15.5. The molecule has 0 spiro atoms. The van der Waals surface area contributed by atoms with E-state index >= 15 is 0 Å². The second kappa shape index (κ2) is 8.68. The topological polar surface area (TPSA) is 65.5 Å². The fraction of sp³-hybridized carbons (Fsp3) is 0.364. The fourth-order valence-corrected chi connectivity index (χ4v) is 4.91. The van der Waals surface area contributed by atoms with Crippen molar-refractivity contribution in [1.82, 2.24) is 14.6 Å². The molecule has 166 valence electrons. The van der Waals surface area contributed by atoms with Gasteiger partial charge in [-0.1, -0.05) is 0 Å². The Morgan fingerprint density at radius 2 is 1.65 bits per heavy atom. The van der Waals surface area contributed by atoms with E-state index in [0.29, 0.717) is 15.6 Å². The molecule has 1 aromatic heterocycles. The summed E-state index contributed by atoms with van der Waals surface area (Å²) in [5.41, 5.74) is 0.326. The van der Waals surface area contributed by atoms with E-state index in [1.54, 1.807) is 12.3 Å². The molecule has 2 heterocycles. The number of rotatable bonds is 2. The second-order valence-corrected chi connectivity index (χ2v) is 8.79. The number of amides is 1. The zero-order chi connectivity index (χ0) is 21.7. The molecule has 1 saturated heterocycles. The predicted molar refractivity (Wildman–Crippen MR) is 121 cm³/mol. The smallest absolute Gasteiger partial charge is 0.255 e. The zero-order valence-corrected chi connectivity index (χ0v) is 19.2. The average Bonchev–Trinajstić information content (AvgIpc) is 3.13. The third kappa shape index (κ3) is 4.00. The summed E-state index contributed by atoms with van der Waals surface area (Å²) in [6, 6.07) is 4.96. The average molecular weight is 468 g/mol. The maximum atomic E-state index is 14.5. The number of phenols is 1. The van der Waals surface area contributed by atoms with Crippen LogP contribution in [0.25, 0.3) is 21.2 Å². The van der Waals surface area contributed by atoms with Gasteiger partial charge in [-0.05, 0) is 56.9 Å². The van der Waals surface area contributed by atoms with Gasteiger partial charge in [0.15, 0.2) is 0 Å². The number of carbonyl (C=O) groups excluding carboxylic acids is 1. The van der Waals surface area contributed by atoms with E-state index in [0.717, 1.165) is 12.1 Å². The SMILES string of the molecule is CC1NC(C)C(C)N(C(=O)c2cc(-c3c(F)cc(O)cc3F)cc3cnsc23)C1C.Cl. The molecule has 1 fully saturated rings. The highest BCUT2D eigenvalue weighted by Crippen LogP contribution is 2.35. The number of hydrogen-bond donors (Lipinski definition) is 2. The van der Waals surface area contributed by atoms with E-state index in [2.05, 4.69) is 9.69 Å². The molecule has 5 nitrogen and oxygen atoms in total. The van der Waals surface area contributed by atoms with Crippen LogP contribution in [0.2, 0.25) is 0 Å². The number of halogens is 3. The number of fused-ring (bicyclic) bond motifs is 1. The van der Waals surface area contributed by atoms with E-state index in [9.17, 15) is 18.7 Å². The highest BCUT2D eigenvalue weighted by Gasteiger charge is 2.38. The molecule has 2 aromatic carbocycles. The lowest BCUT2D eigenvalue weighted by atomic mass is 9.94. The molecule has 31 heavy (non-hydrogen) atoms. The lowest BCUT2D eigenvalue weighted by Gasteiger charge is -2.47. The first-order valence-corrected chi connectivity index (χ1v) is 10.6. The number of piperazine rings is 1. The Bertz CT molecular complexity index is 1100. The van der Waals surface area contributed by atoms with Gasteiger partial charge in [0.1, 0.15) is 17.4 Å². The van der Waals surface area contributed by atoms with Crippen molar-refractivity contribution in [2.45, 2.75) is 51.9 Å². The number of nitrogens with zero attached hydrogens (tertiary/aromatic N) is 2. The van der Waals surface area contributed by atoms with Crippen LogP contribution in [0.4, 0.5) is 8.78 Å². The largest absolute Gasteiger partial charge is 0.508 e. The van der Waals surface area contributed by atoms with Gasteiger partial charge in [0.2, 0.25) is 0 Å². The van der Waals surface area contributed by atoms with E-state index in [4.69, 9.17) is 0 Å². The van der Waals surface area contributed by atoms with Crippen molar-refractivity contribution >= 4 is 39.9 Å². The van der Waals surface area contributed by atoms with Crippen LogP contribution >= 0.6 is 23.9 Å². The summed E-state index contributed by atoms with van der Waals surface area (Å²) in [5, 5.41) is 13.6. The minimum absolute atomic E-state index is 0. The predicted octanol–water partition coefficient (Wildman–Crippen LogP) is 4.97. The molecule has 1 aliphatic rings. The molecule has 2 N–H and O–H groups in total. The maximum absolute atomic E-state index is 14.5. The lowest BCUT2D eigenvalue weighted by molar-refractivity contribution is 0.0370. The Balaban J connectivity index is 0.00000272. The van der Waals surface area contributed by atoms with Crippen molar-refractivity contribution in [1.29, 1.82) is 0 Å². The van der Waals surface area contributed by atoms with Crippen LogP contribution in [-0.4, -0.2) is 44.5 Å². The van der Waals surface area contributed by atoms with Crippen LogP contribution in [0.3, 0.4) is 0 Å². The summed E-state index contributed by atoms with van der Waals surface area (Å²) < 4.78 is 33.9. The van der Waals surface area contributed by atoms with Gasteiger partial charge in [0, 0.05) is 47.9 Å². The molecule has 0 radical (unpaired) electrons.